The Bertz CT molecular complexity index is 680. The topological polar surface area (TPSA) is 123 Å². The fourth-order valence-corrected chi connectivity index (χ4v) is 1.77. The molecule has 0 spiro atoms. The number of aromatic nitrogens is 3. The van der Waals surface area contributed by atoms with Gasteiger partial charge in [-0.2, -0.15) is 0 Å². The van der Waals surface area contributed by atoms with E-state index in [9.17, 15) is 9.59 Å². The van der Waals surface area contributed by atoms with Crippen molar-refractivity contribution in [1.82, 2.24) is 15.0 Å². The van der Waals surface area contributed by atoms with Crippen LogP contribution in [0.25, 0.3) is 0 Å². The number of anilines is 1. The zero-order valence-electron chi connectivity index (χ0n) is 11.4. The molecule has 0 aliphatic rings. The maximum Gasteiger partial charge on any atom is 0.337 e. The summed E-state index contributed by atoms with van der Waals surface area (Å²) in [6, 6.07) is 4.75. The summed E-state index contributed by atoms with van der Waals surface area (Å²) >= 11 is 0. The first-order chi connectivity index (χ1) is 10.0. The van der Waals surface area contributed by atoms with Gasteiger partial charge < -0.3 is 16.2 Å². The molecule has 0 aliphatic carbocycles. The summed E-state index contributed by atoms with van der Waals surface area (Å²) in [4.78, 5) is 23.2. The van der Waals surface area contributed by atoms with Gasteiger partial charge in [-0.05, 0) is 19.1 Å². The number of aromatic carboxylic acids is 1. The van der Waals surface area contributed by atoms with Crippen LogP contribution in [-0.2, 0) is 6.54 Å². The lowest BCUT2D eigenvalue weighted by Crippen LogP contribution is -2.15. The van der Waals surface area contributed by atoms with Gasteiger partial charge >= 0.3 is 5.97 Å². The molecule has 1 aromatic carbocycles. The molecule has 0 unspecified atom stereocenters. The van der Waals surface area contributed by atoms with Crippen molar-refractivity contribution in [3.8, 4) is 0 Å². The Morgan fingerprint density at radius 3 is 2.86 bits per heavy atom. The van der Waals surface area contributed by atoms with Crippen LogP contribution in [0, 0.1) is 6.92 Å². The summed E-state index contributed by atoms with van der Waals surface area (Å²) in [5.74, 6) is -1.63. The largest absolute Gasteiger partial charge is 0.478 e. The van der Waals surface area contributed by atoms with Crippen LogP contribution in [0.2, 0.25) is 0 Å². The first-order valence-corrected chi connectivity index (χ1v) is 6.26. The molecule has 0 aliphatic heterocycles. The molecule has 21 heavy (non-hydrogen) atoms. The van der Waals surface area contributed by atoms with Crippen molar-refractivity contribution >= 4 is 17.6 Å². The van der Waals surface area contributed by atoms with Crippen LogP contribution in [0.15, 0.2) is 24.4 Å². The van der Waals surface area contributed by atoms with Crippen LogP contribution >= 0.6 is 0 Å². The Kier molecular flexibility index (Phi) is 4.29. The Hall–Kier alpha value is -2.74. The molecule has 0 fully saturated rings. The molecule has 0 radical (unpaired) electrons. The third-order valence-corrected chi connectivity index (χ3v) is 2.78. The maximum atomic E-state index is 12.0. The molecule has 0 atom stereocenters. The molecular weight excluding hydrogens is 274 g/mol. The number of nitrogens with zero attached hydrogens (tertiary/aromatic N) is 3. The van der Waals surface area contributed by atoms with Crippen molar-refractivity contribution in [2.45, 2.75) is 13.5 Å². The van der Waals surface area contributed by atoms with Gasteiger partial charge in [0.1, 0.15) is 0 Å². The van der Waals surface area contributed by atoms with E-state index in [1.54, 1.807) is 19.1 Å². The van der Waals surface area contributed by atoms with Gasteiger partial charge in [0.05, 0.1) is 24.0 Å². The number of amides is 1. The molecule has 2 rings (SSSR count). The predicted molar refractivity (Wildman–Crippen MR) is 75.2 cm³/mol. The SMILES string of the molecule is Cc1ccc(NC(=O)c2cn(CCN)nn2)c(C(=O)O)c1. The van der Waals surface area contributed by atoms with Crippen molar-refractivity contribution in [1.29, 1.82) is 0 Å². The van der Waals surface area contributed by atoms with Gasteiger partial charge in [-0.1, -0.05) is 16.8 Å². The first kappa shape index (κ1) is 14.7. The van der Waals surface area contributed by atoms with Crippen molar-refractivity contribution < 1.29 is 14.7 Å². The molecule has 0 saturated carbocycles. The minimum atomic E-state index is -1.11. The monoisotopic (exact) mass is 289 g/mol. The number of carboxylic acid groups (broad SMARTS) is 1. The Labute approximate surface area is 120 Å². The van der Waals surface area contributed by atoms with E-state index in [4.69, 9.17) is 10.8 Å². The fourth-order valence-electron chi connectivity index (χ4n) is 1.77. The Morgan fingerprint density at radius 2 is 2.19 bits per heavy atom. The van der Waals surface area contributed by atoms with E-state index in [2.05, 4.69) is 15.6 Å². The predicted octanol–water partition coefficient (Wildman–Crippen LogP) is 0.496. The van der Waals surface area contributed by atoms with Crippen LogP contribution < -0.4 is 11.1 Å². The lowest BCUT2D eigenvalue weighted by Gasteiger charge is -2.07. The number of carbonyl (C=O) groups is 2. The van der Waals surface area contributed by atoms with Crippen molar-refractivity contribution in [2.75, 3.05) is 11.9 Å². The second kappa shape index (κ2) is 6.14. The number of hydrogen-bond acceptors (Lipinski definition) is 5. The second-order valence-electron chi connectivity index (χ2n) is 4.46. The standard InChI is InChI=1S/C13H15N5O3/c1-8-2-3-10(9(6-8)13(20)21)15-12(19)11-7-18(5-4-14)17-16-11/h2-3,6-7H,4-5,14H2,1H3,(H,15,19)(H,20,21). The minimum absolute atomic E-state index is 0.0256. The number of benzene rings is 1. The zero-order chi connectivity index (χ0) is 15.4. The summed E-state index contributed by atoms with van der Waals surface area (Å²) in [6.45, 7) is 2.60. The highest BCUT2D eigenvalue weighted by atomic mass is 16.4. The third-order valence-electron chi connectivity index (χ3n) is 2.78. The Morgan fingerprint density at radius 1 is 1.43 bits per heavy atom. The number of aryl methyl sites for hydroxylation is 1. The third kappa shape index (κ3) is 3.42. The van der Waals surface area contributed by atoms with Crippen molar-refractivity contribution in [2.24, 2.45) is 5.73 Å². The average Bonchev–Trinajstić information content (AvgIpc) is 2.89. The van der Waals surface area contributed by atoms with Gasteiger partial charge in [-0.25, -0.2) is 4.79 Å². The summed E-state index contributed by atoms with van der Waals surface area (Å²) in [5.41, 5.74) is 6.51. The molecule has 1 aromatic heterocycles. The maximum absolute atomic E-state index is 12.0. The molecule has 0 bridgehead atoms. The normalized spacial score (nSPS) is 10.4. The first-order valence-electron chi connectivity index (χ1n) is 6.26. The molecule has 8 nitrogen and oxygen atoms in total. The summed E-state index contributed by atoms with van der Waals surface area (Å²) in [6.07, 6.45) is 1.46. The van der Waals surface area contributed by atoms with E-state index in [0.29, 0.717) is 13.1 Å². The number of rotatable bonds is 5. The number of nitrogens with two attached hydrogens (primary N) is 1. The van der Waals surface area contributed by atoms with Crippen LogP contribution in [-0.4, -0.2) is 38.5 Å². The highest BCUT2D eigenvalue weighted by Gasteiger charge is 2.16. The number of carbonyl (C=O) groups excluding carboxylic acids is 1. The number of carboxylic acids is 1. The molecule has 0 saturated heterocycles. The van der Waals surface area contributed by atoms with E-state index < -0.39 is 11.9 Å². The van der Waals surface area contributed by atoms with Gasteiger partial charge in [0, 0.05) is 6.54 Å². The van der Waals surface area contributed by atoms with E-state index in [1.165, 1.54) is 16.9 Å². The van der Waals surface area contributed by atoms with Crippen molar-refractivity contribution in [3.63, 3.8) is 0 Å². The zero-order valence-corrected chi connectivity index (χ0v) is 11.4. The molecule has 2 aromatic rings. The van der Waals surface area contributed by atoms with Crippen LogP contribution in [0.4, 0.5) is 5.69 Å². The highest BCUT2D eigenvalue weighted by molar-refractivity contribution is 6.06. The van der Waals surface area contributed by atoms with E-state index in [-0.39, 0.29) is 16.9 Å². The average molecular weight is 289 g/mol. The lowest BCUT2D eigenvalue weighted by molar-refractivity contribution is 0.0698. The highest BCUT2D eigenvalue weighted by Crippen LogP contribution is 2.18. The summed E-state index contributed by atoms with van der Waals surface area (Å²) in [5, 5.41) is 19.1. The number of nitrogens with one attached hydrogen (secondary N) is 1. The Balaban J connectivity index is 2.20. The van der Waals surface area contributed by atoms with Crippen LogP contribution in [0.3, 0.4) is 0 Å². The molecular formula is C13H15N5O3. The van der Waals surface area contributed by atoms with Crippen LogP contribution in [0.5, 0.6) is 0 Å². The summed E-state index contributed by atoms with van der Waals surface area (Å²) in [7, 11) is 0. The van der Waals surface area contributed by atoms with Gasteiger partial charge in [0.2, 0.25) is 0 Å². The summed E-state index contributed by atoms with van der Waals surface area (Å²) < 4.78 is 1.45. The molecule has 4 N–H and O–H groups in total. The molecule has 1 heterocycles. The smallest absolute Gasteiger partial charge is 0.337 e. The molecule has 1 amide bonds. The fraction of sp³-hybridized carbons (Fsp3) is 0.231. The molecule has 8 heteroatoms. The number of hydrogen-bond donors (Lipinski definition) is 3. The quantitative estimate of drug-likeness (QED) is 0.736. The van der Waals surface area contributed by atoms with E-state index in [0.717, 1.165) is 5.56 Å². The van der Waals surface area contributed by atoms with Crippen LogP contribution in [0.1, 0.15) is 26.4 Å². The van der Waals surface area contributed by atoms with Gasteiger partial charge in [0.15, 0.2) is 5.69 Å². The van der Waals surface area contributed by atoms with E-state index >= 15 is 0 Å². The lowest BCUT2D eigenvalue weighted by atomic mass is 10.1. The van der Waals surface area contributed by atoms with Crippen molar-refractivity contribution in [3.05, 3.63) is 41.2 Å². The second-order valence-corrected chi connectivity index (χ2v) is 4.46. The van der Waals surface area contributed by atoms with E-state index in [1.807, 2.05) is 0 Å². The van der Waals surface area contributed by atoms with Gasteiger partial charge in [-0.3, -0.25) is 9.48 Å². The van der Waals surface area contributed by atoms with Gasteiger partial charge in [-0.15, -0.1) is 5.10 Å². The van der Waals surface area contributed by atoms with Gasteiger partial charge in [0.25, 0.3) is 5.91 Å². The minimum Gasteiger partial charge on any atom is -0.478 e. The molecule has 110 valence electrons.